The zero-order chi connectivity index (χ0) is 17.2. The summed E-state index contributed by atoms with van der Waals surface area (Å²) in [5.41, 5.74) is -1.65. The summed E-state index contributed by atoms with van der Waals surface area (Å²) >= 11 is 0. The number of carbonyl (C=O) groups excluding carboxylic acids is 2. The van der Waals surface area contributed by atoms with Crippen molar-refractivity contribution in [2.24, 2.45) is 17.3 Å². The summed E-state index contributed by atoms with van der Waals surface area (Å²) in [5, 5.41) is 0. The molecule has 0 spiro atoms. The smallest absolute Gasteiger partial charge is 0.252 e. The highest BCUT2D eigenvalue weighted by Gasteiger charge is 2.42. The molecule has 2 fully saturated rings. The molecule has 0 N–H and O–H groups in total. The van der Waals surface area contributed by atoms with Crippen LogP contribution in [0.3, 0.4) is 0 Å². The molecule has 0 saturated carbocycles. The van der Waals surface area contributed by atoms with Crippen molar-refractivity contribution in [1.82, 2.24) is 9.80 Å². The lowest BCUT2D eigenvalue weighted by Gasteiger charge is -2.39. The highest BCUT2D eigenvalue weighted by molar-refractivity contribution is 5.83. The number of carbonyl (C=O) groups is 2. The summed E-state index contributed by atoms with van der Waals surface area (Å²) in [6.45, 7) is 7.16. The molecule has 0 bridgehead atoms. The molecule has 0 radical (unpaired) electrons. The van der Waals surface area contributed by atoms with E-state index < -0.39 is 17.7 Å². The normalized spacial score (nSPS) is 24.2. The standard InChI is InChI=1S/C17H28F2N2O2/c1-12-5-4-8-21(11-12)14(22)13-6-9-20(10-7-13)16(23)17(2,3)15(18)19/h12-13,15H,4-11H2,1-3H3. The van der Waals surface area contributed by atoms with Crippen LogP contribution < -0.4 is 0 Å². The van der Waals surface area contributed by atoms with E-state index in [4.69, 9.17) is 0 Å². The number of amides is 2. The van der Waals surface area contributed by atoms with Crippen molar-refractivity contribution in [3.63, 3.8) is 0 Å². The van der Waals surface area contributed by atoms with Crippen molar-refractivity contribution in [2.75, 3.05) is 26.2 Å². The topological polar surface area (TPSA) is 40.6 Å². The van der Waals surface area contributed by atoms with Gasteiger partial charge in [0.15, 0.2) is 0 Å². The third kappa shape index (κ3) is 4.01. The average molecular weight is 330 g/mol. The van der Waals surface area contributed by atoms with Gasteiger partial charge >= 0.3 is 0 Å². The summed E-state index contributed by atoms with van der Waals surface area (Å²) in [6, 6.07) is 0. The Hall–Kier alpha value is -1.20. The lowest BCUT2D eigenvalue weighted by molar-refractivity contribution is -0.152. The monoisotopic (exact) mass is 330 g/mol. The molecule has 132 valence electrons. The van der Waals surface area contributed by atoms with Gasteiger partial charge in [-0.25, -0.2) is 8.78 Å². The number of nitrogens with zero attached hydrogens (tertiary/aromatic N) is 2. The van der Waals surface area contributed by atoms with Gasteiger partial charge in [0.05, 0.1) is 0 Å². The van der Waals surface area contributed by atoms with E-state index in [1.807, 2.05) is 4.90 Å². The highest BCUT2D eigenvalue weighted by atomic mass is 19.3. The molecule has 2 rings (SSSR count). The molecule has 1 unspecified atom stereocenters. The van der Waals surface area contributed by atoms with Gasteiger partial charge in [0, 0.05) is 32.1 Å². The first kappa shape index (κ1) is 18.1. The first-order valence-electron chi connectivity index (χ1n) is 8.59. The lowest BCUT2D eigenvalue weighted by atomic mass is 9.88. The number of halogens is 2. The highest BCUT2D eigenvalue weighted by Crippen LogP contribution is 2.30. The predicted molar refractivity (Wildman–Crippen MR) is 84.1 cm³/mol. The Morgan fingerprint density at radius 2 is 1.65 bits per heavy atom. The van der Waals surface area contributed by atoms with Crippen LogP contribution in [0, 0.1) is 17.3 Å². The minimum atomic E-state index is -2.68. The molecule has 4 nitrogen and oxygen atoms in total. The second-order valence-electron chi connectivity index (χ2n) is 7.62. The minimum Gasteiger partial charge on any atom is -0.342 e. The fourth-order valence-corrected chi connectivity index (χ4v) is 3.48. The Morgan fingerprint density at radius 1 is 1.04 bits per heavy atom. The molecule has 2 aliphatic heterocycles. The van der Waals surface area contributed by atoms with Gasteiger partial charge in [-0.2, -0.15) is 0 Å². The molecule has 2 saturated heterocycles. The van der Waals surface area contributed by atoms with Gasteiger partial charge in [0.2, 0.25) is 11.8 Å². The fraction of sp³-hybridized carbons (Fsp3) is 0.882. The second kappa shape index (κ2) is 7.14. The van der Waals surface area contributed by atoms with Gasteiger partial charge in [-0.15, -0.1) is 0 Å². The molecule has 0 aliphatic carbocycles. The van der Waals surface area contributed by atoms with Crippen LogP contribution in [0.5, 0.6) is 0 Å². The van der Waals surface area contributed by atoms with E-state index in [2.05, 4.69) is 6.92 Å². The Bertz CT molecular complexity index is 446. The number of rotatable bonds is 3. The molecule has 2 heterocycles. The van der Waals surface area contributed by atoms with Gasteiger partial charge in [-0.1, -0.05) is 6.92 Å². The van der Waals surface area contributed by atoms with E-state index in [-0.39, 0.29) is 11.8 Å². The predicted octanol–water partition coefficient (Wildman–Crippen LogP) is 2.77. The van der Waals surface area contributed by atoms with Crippen molar-refractivity contribution in [3.05, 3.63) is 0 Å². The van der Waals surface area contributed by atoms with Crippen LogP contribution in [0.4, 0.5) is 8.78 Å². The maximum absolute atomic E-state index is 13.0. The molecule has 2 amide bonds. The van der Waals surface area contributed by atoms with Crippen LogP contribution in [-0.4, -0.2) is 54.2 Å². The summed E-state index contributed by atoms with van der Waals surface area (Å²) in [4.78, 5) is 28.3. The maximum atomic E-state index is 13.0. The fourth-order valence-electron chi connectivity index (χ4n) is 3.48. The number of hydrogen-bond donors (Lipinski definition) is 0. The Balaban J connectivity index is 1.88. The second-order valence-corrected chi connectivity index (χ2v) is 7.62. The van der Waals surface area contributed by atoms with E-state index in [0.717, 1.165) is 19.5 Å². The van der Waals surface area contributed by atoms with E-state index in [1.54, 1.807) is 0 Å². The molecular formula is C17H28F2N2O2. The van der Waals surface area contributed by atoms with Gasteiger partial charge < -0.3 is 9.80 Å². The Kier molecular flexibility index (Phi) is 5.63. The maximum Gasteiger partial charge on any atom is 0.252 e. The Morgan fingerprint density at radius 3 is 2.17 bits per heavy atom. The van der Waals surface area contributed by atoms with Crippen LogP contribution in [0.2, 0.25) is 0 Å². The SMILES string of the molecule is CC1CCCN(C(=O)C2CCN(C(=O)C(C)(C)C(F)F)CC2)C1. The van der Waals surface area contributed by atoms with Crippen LogP contribution >= 0.6 is 0 Å². The molecular weight excluding hydrogens is 302 g/mol. The third-order valence-electron chi connectivity index (χ3n) is 5.20. The van der Waals surface area contributed by atoms with E-state index in [1.165, 1.54) is 25.2 Å². The third-order valence-corrected chi connectivity index (χ3v) is 5.20. The van der Waals surface area contributed by atoms with Crippen LogP contribution in [0.1, 0.15) is 46.5 Å². The van der Waals surface area contributed by atoms with Gasteiger partial charge in [-0.05, 0) is 45.4 Å². The van der Waals surface area contributed by atoms with E-state index >= 15 is 0 Å². The number of likely N-dealkylation sites (tertiary alicyclic amines) is 2. The first-order chi connectivity index (χ1) is 10.7. The summed E-state index contributed by atoms with van der Waals surface area (Å²) in [6.07, 6.45) is 0.694. The minimum absolute atomic E-state index is 0.0704. The van der Waals surface area contributed by atoms with Crippen molar-refractivity contribution in [3.8, 4) is 0 Å². The number of piperidine rings is 2. The van der Waals surface area contributed by atoms with E-state index in [0.29, 0.717) is 31.8 Å². The molecule has 0 aromatic heterocycles. The zero-order valence-electron chi connectivity index (χ0n) is 14.4. The molecule has 0 aromatic rings. The van der Waals surface area contributed by atoms with Gasteiger partial charge in [0.25, 0.3) is 6.43 Å². The molecule has 6 heteroatoms. The van der Waals surface area contributed by atoms with Crippen molar-refractivity contribution < 1.29 is 18.4 Å². The summed E-state index contributed by atoms with van der Waals surface area (Å²) < 4.78 is 26.0. The summed E-state index contributed by atoms with van der Waals surface area (Å²) in [5.74, 6) is 0.141. The molecule has 2 aliphatic rings. The molecule has 0 aromatic carbocycles. The van der Waals surface area contributed by atoms with Crippen LogP contribution in [0.25, 0.3) is 0 Å². The zero-order valence-corrected chi connectivity index (χ0v) is 14.4. The largest absolute Gasteiger partial charge is 0.342 e. The number of hydrogen-bond acceptors (Lipinski definition) is 2. The van der Waals surface area contributed by atoms with Gasteiger partial charge in [-0.3, -0.25) is 9.59 Å². The van der Waals surface area contributed by atoms with Crippen LogP contribution in [-0.2, 0) is 9.59 Å². The van der Waals surface area contributed by atoms with Gasteiger partial charge in [0.1, 0.15) is 5.41 Å². The van der Waals surface area contributed by atoms with Crippen molar-refractivity contribution in [1.29, 1.82) is 0 Å². The van der Waals surface area contributed by atoms with E-state index in [9.17, 15) is 18.4 Å². The van der Waals surface area contributed by atoms with Crippen molar-refractivity contribution in [2.45, 2.75) is 52.9 Å². The lowest BCUT2D eigenvalue weighted by Crippen LogP contribution is -2.50. The molecule has 1 atom stereocenters. The Labute approximate surface area is 137 Å². The van der Waals surface area contributed by atoms with Crippen molar-refractivity contribution >= 4 is 11.8 Å². The quantitative estimate of drug-likeness (QED) is 0.798. The average Bonchev–Trinajstić information content (AvgIpc) is 2.53. The van der Waals surface area contributed by atoms with Crippen LogP contribution in [0.15, 0.2) is 0 Å². The molecule has 23 heavy (non-hydrogen) atoms. The summed E-state index contributed by atoms with van der Waals surface area (Å²) in [7, 11) is 0. The number of alkyl halides is 2. The first-order valence-corrected chi connectivity index (χ1v) is 8.59.